The number of anilines is 2. The van der Waals surface area contributed by atoms with Gasteiger partial charge in [-0.3, -0.25) is 0 Å². The lowest BCUT2D eigenvalue weighted by Gasteiger charge is -2.10. The molecule has 0 atom stereocenters. The summed E-state index contributed by atoms with van der Waals surface area (Å²) < 4.78 is 0. The molecule has 0 radical (unpaired) electrons. The van der Waals surface area contributed by atoms with E-state index in [0.717, 1.165) is 33.5 Å². The van der Waals surface area contributed by atoms with E-state index in [1.807, 2.05) is 43.4 Å². The molecule has 2 aromatic carbocycles. The minimum absolute atomic E-state index is 0.748. The van der Waals surface area contributed by atoms with Crippen molar-refractivity contribution >= 4 is 22.3 Å². The molecule has 0 aliphatic heterocycles. The van der Waals surface area contributed by atoms with Crippen molar-refractivity contribution in [3.8, 4) is 11.3 Å². The molecule has 0 saturated carbocycles. The van der Waals surface area contributed by atoms with Crippen LogP contribution >= 0.6 is 0 Å². The third kappa shape index (κ3) is 2.10. The minimum atomic E-state index is 0.748. The fourth-order valence-electron chi connectivity index (χ4n) is 2.21. The Balaban J connectivity index is 2.26. The van der Waals surface area contributed by atoms with E-state index >= 15 is 0 Å². The number of aromatic nitrogens is 1. The van der Waals surface area contributed by atoms with E-state index in [0.29, 0.717) is 0 Å². The van der Waals surface area contributed by atoms with Crippen LogP contribution in [0.25, 0.3) is 22.2 Å². The molecule has 1 heterocycles. The Morgan fingerprint density at radius 3 is 2.53 bits per heavy atom. The molecule has 19 heavy (non-hydrogen) atoms. The van der Waals surface area contributed by atoms with Crippen molar-refractivity contribution < 1.29 is 0 Å². The molecular weight excluding hydrogens is 234 g/mol. The molecule has 0 amide bonds. The van der Waals surface area contributed by atoms with Crippen LogP contribution < -0.4 is 11.1 Å². The zero-order chi connectivity index (χ0) is 13.2. The molecule has 0 bridgehead atoms. The van der Waals surface area contributed by atoms with Crippen LogP contribution in [0.15, 0.2) is 54.6 Å². The molecule has 0 aliphatic rings. The second kappa shape index (κ2) is 4.61. The van der Waals surface area contributed by atoms with Crippen LogP contribution in [-0.4, -0.2) is 12.0 Å². The number of nitrogens with two attached hydrogens (primary N) is 1. The average Bonchev–Trinajstić information content (AvgIpc) is 2.47. The Hall–Kier alpha value is -2.55. The van der Waals surface area contributed by atoms with E-state index in [-0.39, 0.29) is 0 Å². The highest BCUT2D eigenvalue weighted by Crippen LogP contribution is 2.29. The topological polar surface area (TPSA) is 50.9 Å². The zero-order valence-corrected chi connectivity index (χ0v) is 10.7. The summed E-state index contributed by atoms with van der Waals surface area (Å²) in [7, 11) is 1.91. The van der Waals surface area contributed by atoms with Crippen molar-refractivity contribution in [2.45, 2.75) is 0 Å². The highest BCUT2D eigenvalue weighted by molar-refractivity contribution is 5.95. The van der Waals surface area contributed by atoms with Gasteiger partial charge < -0.3 is 11.1 Å². The third-order valence-corrected chi connectivity index (χ3v) is 3.17. The molecule has 94 valence electrons. The minimum Gasteiger partial charge on any atom is -0.399 e. The summed E-state index contributed by atoms with van der Waals surface area (Å²) in [5.41, 5.74) is 10.6. The predicted octanol–water partition coefficient (Wildman–Crippen LogP) is 3.53. The molecule has 0 unspecified atom stereocenters. The lowest BCUT2D eigenvalue weighted by Crippen LogP contribution is -1.95. The SMILES string of the molecule is CNc1cc(-c2ccccc2)nc2ccc(N)cc12. The summed E-state index contributed by atoms with van der Waals surface area (Å²) in [6.07, 6.45) is 0. The summed E-state index contributed by atoms with van der Waals surface area (Å²) in [5, 5.41) is 4.26. The third-order valence-electron chi connectivity index (χ3n) is 3.17. The first-order chi connectivity index (χ1) is 9.28. The Kier molecular flexibility index (Phi) is 2.80. The average molecular weight is 249 g/mol. The first kappa shape index (κ1) is 11.5. The first-order valence-corrected chi connectivity index (χ1v) is 6.21. The molecule has 0 aliphatic carbocycles. The van der Waals surface area contributed by atoms with Crippen LogP contribution in [0, 0.1) is 0 Å². The Labute approximate surface area is 112 Å². The van der Waals surface area contributed by atoms with E-state index in [1.54, 1.807) is 0 Å². The maximum absolute atomic E-state index is 5.84. The van der Waals surface area contributed by atoms with Crippen LogP contribution in [-0.2, 0) is 0 Å². The fourth-order valence-corrected chi connectivity index (χ4v) is 2.21. The number of pyridine rings is 1. The number of nitrogens with zero attached hydrogens (tertiary/aromatic N) is 1. The van der Waals surface area contributed by atoms with Gasteiger partial charge in [0, 0.05) is 29.4 Å². The van der Waals surface area contributed by atoms with Crippen LogP contribution in [0.1, 0.15) is 0 Å². The Bertz CT molecular complexity index is 721. The fraction of sp³-hybridized carbons (Fsp3) is 0.0625. The van der Waals surface area contributed by atoms with Crippen molar-refractivity contribution in [2.75, 3.05) is 18.1 Å². The Morgan fingerprint density at radius 1 is 1.00 bits per heavy atom. The first-order valence-electron chi connectivity index (χ1n) is 6.21. The number of benzene rings is 2. The number of hydrogen-bond donors (Lipinski definition) is 2. The van der Waals surface area contributed by atoms with Crippen LogP contribution in [0.4, 0.5) is 11.4 Å². The summed E-state index contributed by atoms with van der Waals surface area (Å²) >= 11 is 0. The number of nitrogens with one attached hydrogen (secondary N) is 1. The summed E-state index contributed by atoms with van der Waals surface area (Å²) in [5.74, 6) is 0. The molecular formula is C16H15N3. The summed E-state index contributed by atoms with van der Waals surface area (Å²) in [6.45, 7) is 0. The molecule has 3 N–H and O–H groups in total. The summed E-state index contributed by atoms with van der Waals surface area (Å²) in [6, 6.07) is 18.0. The lowest BCUT2D eigenvalue weighted by atomic mass is 10.1. The van der Waals surface area contributed by atoms with Gasteiger partial charge in [-0.15, -0.1) is 0 Å². The highest BCUT2D eigenvalue weighted by Gasteiger charge is 2.06. The monoisotopic (exact) mass is 249 g/mol. The van der Waals surface area contributed by atoms with Crippen molar-refractivity contribution in [2.24, 2.45) is 0 Å². The van der Waals surface area contributed by atoms with Gasteiger partial charge in [0.15, 0.2) is 0 Å². The normalized spacial score (nSPS) is 10.6. The summed E-state index contributed by atoms with van der Waals surface area (Å²) in [4.78, 5) is 4.70. The number of rotatable bonds is 2. The molecule has 0 saturated heterocycles. The van der Waals surface area contributed by atoms with Gasteiger partial charge in [0.1, 0.15) is 0 Å². The van der Waals surface area contributed by atoms with Gasteiger partial charge in [0.25, 0.3) is 0 Å². The zero-order valence-electron chi connectivity index (χ0n) is 10.7. The molecule has 3 rings (SSSR count). The van der Waals surface area contributed by atoms with Crippen molar-refractivity contribution in [3.63, 3.8) is 0 Å². The van der Waals surface area contributed by atoms with Crippen molar-refractivity contribution in [1.29, 1.82) is 0 Å². The number of hydrogen-bond acceptors (Lipinski definition) is 3. The maximum atomic E-state index is 5.84. The highest BCUT2D eigenvalue weighted by atomic mass is 14.8. The smallest absolute Gasteiger partial charge is 0.0731 e. The van der Waals surface area contributed by atoms with E-state index in [1.165, 1.54) is 0 Å². The van der Waals surface area contributed by atoms with E-state index in [4.69, 9.17) is 10.7 Å². The second-order valence-electron chi connectivity index (χ2n) is 4.45. The standard InChI is InChI=1S/C16H15N3/c1-18-16-10-15(11-5-3-2-4-6-11)19-14-8-7-12(17)9-13(14)16/h2-10H,17H2,1H3,(H,18,19). The van der Waals surface area contributed by atoms with Gasteiger partial charge in [0.05, 0.1) is 11.2 Å². The van der Waals surface area contributed by atoms with Gasteiger partial charge >= 0.3 is 0 Å². The van der Waals surface area contributed by atoms with Gasteiger partial charge in [-0.25, -0.2) is 4.98 Å². The molecule has 0 spiro atoms. The van der Waals surface area contributed by atoms with E-state index in [2.05, 4.69) is 23.5 Å². The number of fused-ring (bicyclic) bond motifs is 1. The van der Waals surface area contributed by atoms with Gasteiger partial charge in [-0.2, -0.15) is 0 Å². The van der Waals surface area contributed by atoms with E-state index in [9.17, 15) is 0 Å². The lowest BCUT2D eigenvalue weighted by molar-refractivity contribution is 1.38. The molecule has 0 fully saturated rings. The molecule has 1 aromatic heterocycles. The largest absolute Gasteiger partial charge is 0.399 e. The van der Waals surface area contributed by atoms with Crippen LogP contribution in [0.2, 0.25) is 0 Å². The van der Waals surface area contributed by atoms with Gasteiger partial charge in [-0.05, 0) is 24.3 Å². The van der Waals surface area contributed by atoms with Crippen LogP contribution in [0.5, 0.6) is 0 Å². The van der Waals surface area contributed by atoms with Crippen LogP contribution in [0.3, 0.4) is 0 Å². The maximum Gasteiger partial charge on any atom is 0.0731 e. The van der Waals surface area contributed by atoms with Crippen molar-refractivity contribution in [1.82, 2.24) is 4.98 Å². The second-order valence-corrected chi connectivity index (χ2v) is 4.45. The molecule has 3 heteroatoms. The quantitative estimate of drug-likeness (QED) is 0.683. The van der Waals surface area contributed by atoms with Crippen molar-refractivity contribution in [3.05, 3.63) is 54.6 Å². The Morgan fingerprint density at radius 2 is 1.79 bits per heavy atom. The number of nitrogen functional groups attached to an aromatic ring is 1. The molecule has 3 nitrogen and oxygen atoms in total. The van der Waals surface area contributed by atoms with Gasteiger partial charge in [-0.1, -0.05) is 30.3 Å². The van der Waals surface area contributed by atoms with E-state index < -0.39 is 0 Å². The van der Waals surface area contributed by atoms with Gasteiger partial charge in [0.2, 0.25) is 0 Å². The molecule has 3 aromatic rings. The predicted molar refractivity (Wildman–Crippen MR) is 81.1 cm³/mol.